The first-order chi connectivity index (χ1) is 7.03. The van der Waals surface area contributed by atoms with Crippen molar-refractivity contribution in [3.05, 3.63) is 28.8 Å². The van der Waals surface area contributed by atoms with Crippen LogP contribution in [0.15, 0.2) is 12.1 Å². The number of phenols is 1. The third kappa shape index (κ3) is 4.01. The molecule has 1 N–H and O–H groups in total. The van der Waals surface area contributed by atoms with E-state index in [1.807, 2.05) is 0 Å². The van der Waals surface area contributed by atoms with E-state index >= 15 is 0 Å². The van der Waals surface area contributed by atoms with Crippen LogP contribution in [0.2, 0.25) is 0 Å². The van der Waals surface area contributed by atoms with Crippen molar-refractivity contribution >= 4 is 29.6 Å². The van der Waals surface area contributed by atoms with Gasteiger partial charge in [-0.15, -0.1) is 0 Å². The average molecular weight is 243 g/mol. The summed E-state index contributed by atoms with van der Waals surface area (Å²) in [7, 11) is 0. The SMILES string of the molecule is Cc1cc(C(C)(C)C)c(O)c(C(C)(C)C)c1.[Na]. The molecule has 1 rings (SSSR count). The Hall–Kier alpha value is 0.0200. The Morgan fingerprint density at radius 2 is 1.12 bits per heavy atom. The van der Waals surface area contributed by atoms with Crippen LogP contribution in [0.5, 0.6) is 5.75 Å². The molecule has 1 aromatic carbocycles. The molecule has 0 unspecified atom stereocenters. The summed E-state index contributed by atoms with van der Waals surface area (Å²) in [5.41, 5.74) is 3.26. The topological polar surface area (TPSA) is 20.2 Å². The van der Waals surface area contributed by atoms with Gasteiger partial charge < -0.3 is 5.11 Å². The molecule has 0 aromatic heterocycles. The Morgan fingerprint density at radius 3 is 1.35 bits per heavy atom. The number of aromatic hydroxyl groups is 1. The van der Waals surface area contributed by atoms with E-state index in [-0.39, 0.29) is 40.4 Å². The van der Waals surface area contributed by atoms with E-state index in [0.29, 0.717) is 5.75 Å². The minimum Gasteiger partial charge on any atom is -0.507 e. The van der Waals surface area contributed by atoms with E-state index in [2.05, 4.69) is 60.6 Å². The molecule has 0 fully saturated rings. The van der Waals surface area contributed by atoms with Gasteiger partial charge in [0, 0.05) is 29.6 Å². The van der Waals surface area contributed by atoms with Crippen molar-refractivity contribution in [2.45, 2.75) is 59.3 Å². The molecule has 91 valence electrons. The first kappa shape index (κ1) is 17.0. The minimum absolute atomic E-state index is 0. The molecule has 1 nitrogen and oxygen atoms in total. The van der Waals surface area contributed by atoms with Crippen LogP contribution >= 0.6 is 0 Å². The van der Waals surface area contributed by atoms with Gasteiger partial charge in [-0.3, -0.25) is 0 Å². The molecule has 0 heterocycles. The van der Waals surface area contributed by atoms with Gasteiger partial charge >= 0.3 is 0 Å². The van der Waals surface area contributed by atoms with Crippen LogP contribution in [0.3, 0.4) is 0 Å². The summed E-state index contributed by atoms with van der Waals surface area (Å²) in [6, 6.07) is 4.18. The van der Waals surface area contributed by atoms with Crippen LogP contribution in [0, 0.1) is 6.92 Å². The molecule has 0 spiro atoms. The fourth-order valence-corrected chi connectivity index (χ4v) is 1.92. The summed E-state index contributed by atoms with van der Waals surface area (Å²) < 4.78 is 0. The standard InChI is InChI=1S/C15H24O.Na/c1-10-8-11(14(2,3)4)13(16)12(9-10)15(5,6)7;/h8-9,16H,1-7H3;. The van der Waals surface area contributed by atoms with Crippen molar-refractivity contribution in [1.82, 2.24) is 0 Å². The molecule has 1 aromatic rings. The van der Waals surface area contributed by atoms with Crippen molar-refractivity contribution in [1.29, 1.82) is 0 Å². The number of phenolic OH excluding ortho intramolecular Hbond substituents is 1. The van der Waals surface area contributed by atoms with E-state index in [1.165, 1.54) is 5.56 Å². The second-order valence-electron chi connectivity index (χ2n) is 6.71. The maximum Gasteiger partial charge on any atom is 0.123 e. The van der Waals surface area contributed by atoms with Crippen molar-refractivity contribution < 1.29 is 5.11 Å². The van der Waals surface area contributed by atoms with Crippen molar-refractivity contribution in [2.75, 3.05) is 0 Å². The number of rotatable bonds is 0. The maximum atomic E-state index is 10.4. The van der Waals surface area contributed by atoms with Gasteiger partial charge in [0.1, 0.15) is 5.75 Å². The molecule has 0 aliphatic rings. The van der Waals surface area contributed by atoms with Crippen LogP contribution in [-0.2, 0) is 10.8 Å². The van der Waals surface area contributed by atoms with Crippen molar-refractivity contribution in [2.24, 2.45) is 0 Å². The third-order valence-electron chi connectivity index (χ3n) is 2.87. The van der Waals surface area contributed by atoms with Gasteiger partial charge in [0.25, 0.3) is 0 Å². The molecule has 0 aliphatic heterocycles. The minimum atomic E-state index is -0.0178. The molecule has 0 saturated carbocycles. The Kier molecular flexibility index (Phi) is 5.34. The van der Waals surface area contributed by atoms with E-state index in [9.17, 15) is 5.11 Å². The van der Waals surface area contributed by atoms with Crippen LogP contribution in [0.1, 0.15) is 58.2 Å². The Balaban J connectivity index is 0.00000256. The zero-order valence-electron chi connectivity index (χ0n) is 12.6. The van der Waals surface area contributed by atoms with Crippen LogP contribution in [-0.4, -0.2) is 34.7 Å². The van der Waals surface area contributed by atoms with Gasteiger partial charge in [0.15, 0.2) is 0 Å². The van der Waals surface area contributed by atoms with E-state index in [4.69, 9.17) is 0 Å². The summed E-state index contributed by atoms with van der Waals surface area (Å²) in [6.07, 6.45) is 0. The first-order valence-electron chi connectivity index (χ1n) is 5.88. The molecule has 0 atom stereocenters. The number of aryl methyl sites for hydroxylation is 1. The maximum absolute atomic E-state index is 10.4. The number of hydrogen-bond acceptors (Lipinski definition) is 1. The Labute approximate surface area is 128 Å². The summed E-state index contributed by atoms with van der Waals surface area (Å²) in [4.78, 5) is 0. The molecule has 0 bridgehead atoms. The second kappa shape index (κ2) is 5.34. The fourth-order valence-electron chi connectivity index (χ4n) is 1.92. The molecule has 0 saturated heterocycles. The van der Waals surface area contributed by atoms with Gasteiger partial charge in [-0.1, -0.05) is 59.2 Å². The van der Waals surface area contributed by atoms with E-state index in [1.54, 1.807) is 0 Å². The van der Waals surface area contributed by atoms with Gasteiger partial charge in [0.2, 0.25) is 0 Å². The summed E-state index contributed by atoms with van der Waals surface area (Å²) in [5, 5.41) is 10.4. The zero-order valence-corrected chi connectivity index (χ0v) is 14.6. The summed E-state index contributed by atoms with van der Waals surface area (Å²) in [5.74, 6) is 0.464. The largest absolute Gasteiger partial charge is 0.507 e. The Morgan fingerprint density at radius 1 is 0.824 bits per heavy atom. The van der Waals surface area contributed by atoms with Gasteiger partial charge in [-0.05, 0) is 28.9 Å². The van der Waals surface area contributed by atoms with Crippen molar-refractivity contribution in [3.63, 3.8) is 0 Å². The van der Waals surface area contributed by atoms with Gasteiger partial charge in [-0.25, -0.2) is 0 Å². The predicted octanol–water partition coefficient (Wildman–Crippen LogP) is 3.91. The van der Waals surface area contributed by atoms with Gasteiger partial charge in [-0.2, -0.15) is 0 Å². The molecule has 1 radical (unpaired) electrons. The molecule has 17 heavy (non-hydrogen) atoms. The first-order valence-corrected chi connectivity index (χ1v) is 5.88. The molecule has 0 aliphatic carbocycles. The molecule has 2 heteroatoms. The fraction of sp³-hybridized carbons (Fsp3) is 0.600. The monoisotopic (exact) mass is 243 g/mol. The smallest absolute Gasteiger partial charge is 0.123 e. The normalized spacial score (nSPS) is 12.2. The molecule has 0 amide bonds. The van der Waals surface area contributed by atoms with Crippen molar-refractivity contribution in [3.8, 4) is 5.75 Å². The quantitative estimate of drug-likeness (QED) is 0.685. The van der Waals surface area contributed by atoms with Crippen LogP contribution in [0.25, 0.3) is 0 Å². The zero-order chi connectivity index (χ0) is 12.7. The number of benzene rings is 1. The number of hydrogen-bond donors (Lipinski definition) is 1. The molecular weight excluding hydrogens is 219 g/mol. The predicted molar refractivity (Wildman–Crippen MR) is 76.0 cm³/mol. The summed E-state index contributed by atoms with van der Waals surface area (Å²) >= 11 is 0. The second-order valence-corrected chi connectivity index (χ2v) is 6.71. The Bertz CT molecular complexity index is 359. The van der Waals surface area contributed by atoms with Crippen LogP contribution < -0.4 is 0 Å². The summed E-state index contributed by atoms with van der Waals surface area (Å²) in [6.45, 7) is 14.9. The molecular formula is C15H24NaO. The van der Waals surface area contributed by atoms with E-state index in [0.717, 1.165) is 11.1 Å². The third-order valence-corrected chi connectivity index (χ3v) is 2.87. The van der Waals surface area contributed by atoms with Crippen LogP contribution in [0.4, 0.5) is 0 Å². The van der Waals surface area contributed by atoms with E-state index < -0.39 is 0 Å². The average Bonchev–Trinajstić information content (AvgIpc) is 2.04. The van der Waals surface area contributed by atoms with Gasteiger partial charge in [0.05, 0.1) is 0 Å².